The van der Waals surface area contributed by atoms with Crippen molar-refractivity contribution in [3.8, 4) is 11.1 Å². The van der Waals surface area contributed by atoms with Crippen LogP contribution in [0.5, 0.6) is 0 Å². The standard InChI is InChI=1S/C23H15ClN2/c1-14-17(3-2-11-25-14)15-4-6-18-16(13-15)5-7-20-19(18)8-9-22-21(20)10-12-26-23(22)24/h2-13H,1H3. The number of aromatic nitrogens is 2. The van der Waals surface area contributed by atoms with Gasteiger partial charge in [0.1, 0.15) is 5.15 Å². The van der Waals surface area contributed by atoms with E-state index in [1.165, 1.54) is 32.7 Å². The molecule has 0 aliphatic rings. The number of rotatable bonds is 1. The average molecular weight is 355 g/mol. The Morgan fingerprint density at radius 2 is 1.42 bits per heavy atom. The predicted molar refractivity (Wildman–Crippen MR) is 110 cm³/mol. The zero-order chi connectivity index (χ0) is 17.7. The molecular weight excluding hydrogens is 340 g/mol. The van der Waals surface area contributed by atoms with Crippen molar-refractivity contribution in [2.75, 3.05) is 0 Å². The molecule has 0 fully saturated rings. The van der Waals surface area contributed by atoms with Crippen molar-refractivity contribution in [1.29, 1.82) is 0 Å². The zero-order valence-corrected chi connectivity index (χ0v) is 15.0. The fourth-order valence-corrected chi connectivity index (χ4v) is 3.95. The van der Waals surface area contributed by atoms with Gasteiger partial charge in [0.15, 0.2) is 0 Å². The van der Waals surface area contributed by atoms with E-state index in [1.54, 1.807) is 6.20 Å². The summed E-state index contributed by atoms with van der Waals surface area (Å²) in [5.41, 5.74) is 3.40. The number of pyridine rings is 2. The van der Waals surface area contributed by atoms with E-state index < -0.39 is 0 Å². The zero-order valence-electron chi connectivity index (χ0n) is 14.2. The van der Waals surface area contributed by atoms with Crippen LogP contribution in [-0.2, 0) is 0 Å². The molecule has 124 valence electrons. The summed E-state index contributed by atoms with van der Waals surface area (Å²) in [6.45, 7) is 2.05. The lowest BCUT2D eigenvalue weighted by molar-refractivity contribution is 1.20. The topological polar surface area (TPSA) is 25.8 Å². The SMILES string of the molecule is Cc1ncccc1-c1ccc2c(ccc3c4ccnc(Cl)c4ccc23)c1. The first-order valence-electron chi connectivity index (χ1n) is 8.54. The average Bonchev–Trinajstić information content (AvgIpc) is 2.67. The van der Waals surface area contributed by atoms with Gasteiger partial charge in [0.25, 0.3) is 0 Å². The van der Waals surface area contributed by atoms with Crippen molar-refractivity contribution in [1.82, 2.24) is 9.97 Å². The Balaban J connectivity index is 1.80. The highest BCUT2D eigenvalue weighted by atomic mass is 35.5. The summed E-state index contributed by atoms with van der Waals surface area (Å²) in [6.07, 6.45) is 3.60. The van der Waals surface area contributed by atoms with Crippen molar-refractivity contribution in [2.24, 2.45) is 0 Å². The molecule has 0 aliphatic carbocycles. The lowest BCUT2D eigenvalue weighted by Gasteiger charge is -2.10. The molecule has 0 bridgehead atoms. The van der Waals surface area contributed by atoms with Crippen molar-refractivity contribution in [3.63, 3.8) is 0 Å². The summed E-state index contributed by atoms with van der Waals surface area (Å²) in [5.74, 6) is 0. The molecule has 2 aromatic heterocycles. The van der Waals surface area contributed by atoms with Gasteiger partial charge >= 0.3 is 0 Å². The normalized spacial score (nSPS) is 11.5. The molecule has 5 aromatic rings. The molecule has 0 radical (unpaired) electrons. The fraction of sp³-hybridized carbons (Fsp3) is 0.0435. The van der Waals surface area contributed by atoms with E-state index in [0.29, 0.717) is 5.15 Å². The molecular formula is C23H15ClN2. The van der Waals surface area contributed by atoms with E-state index in [2.05, 4.69) is 58.5 Å². The minimum atomic E-state index is 0.548. The van der Waals surface area contributed by atoms with E-state index in [-0.39, 0.29) is 0 Å². The van der Waals surface area contributed by atoms with Gasteiger partial charge in [-0.25, -0.2) is 4.98 Å². The maximum atomic E-state index is 6.26. The van der Waals surface area contributed by atoms with Crippen molar-refractivity contribution >= 4 is 43.9 Å². The van der Waals surface area contributed by atoms with Gasteiger partial charge in [-0.15, -0.1) is 0 Å². The van der Waals surface area contributed by atoms with Crippen LogP contribution in [0.4, 0.5) is 0 Å². The molecule has 0 aliphatic heterocycles. The van der Waals surface area contributed by atoms with Gasteiger partial charge in [0.2, 0.25) is 0 Å². The summed E-state index contributed by atoms with van der Waals surface area (Å²) in [4.78, 5) is 8.60. The second kappa shape index (κ2) is 5.79. The highest BCUT2D eigenvalue weighted by Gasteiger charge is 2.09. The molecule has 2 heterocycles. The maximum absolute atomic E-state index is 6.26. The number of aryl methyl sites for hydroxylation is 1. The van der Waals surface area contributed by atoms with Gasteiger partial charge in [-0.2, -0.15) is 0 Å². The van der Waals surface area contributed by atoms with Gasteiger partial charge in [-0.1, -0.05) is 54.1 Å². The molecule has 0 saturated heterocycles. The van der Waals surface area contributed by atoms with E-state index in [9.17, 15) is 0 Å². The number of hydrogen-bond acceptors (Lipinski definition) is 2. The number of halogens is 1. The van der Waals surface area contributed by atoms with E-state index in [1.807, 2.05) is 25.3 Å². The van der Waals surface area contributed by atoms with E-state index in [4.69, 9.17) is 11.6 Å². The molecule has 0 unspecified atom stereocenters. The molecule has 2 nitrogen and oxygen atoms in total. The van der Waals surface area contributed by atoms with Gasteiger partial charge in [0, 0.05) is 29.0 Å². The first kappa shape index (κ1) is 15.3. The first-order chi connectivity index (χ1) is 12.7. The molecule has 3 aromatic carbocycles. The predicted octanol–water partition coefficient (Wildman–Crippen LogP) is 6.57. The highest BCUT2D eigenvalue weighted by Crippen LogP contribution is 2.35. The number of hydrogen-bond donors (Lipinski definition) is 0. The molecule has 0 amide bonds. The molecule has 0 atom stereocenters. The Morgan fingerprint density at radius 1 is 0.692 bits per heavy atom. The van der Waals surface area contributed by atoms with Crippen LogP contribution in [0.3, 0.4) is 0 Å². The van der Waals surface area contributed by atoms with Crippen LogP contribution in [0.25, 0.3) is 43.4 Å². The Bertz CT molecular complexity index is 1310. The molecule has 5 rings (SSSR count). The molecule has 0 saturated carbocycles. The Hall–Kier alpha value is -2.97. The van der Waals surface area contributed by atoms with Crippen molar-refractivity contribution in [3.05, 3.63) is 83.9 Å². The summed E-state index contributed by atoms with van der Waals surface area (Å²) in [7, 11) is 0. The Morgan fingerprint density at radius 3 is 2.31 bits per heavy atom. The molecule has 26 heavy (non-hydrogen) atoms. The minimum absolute atomic E-state index is 0.548. The van der Waals surface area contributed by atoms with Crippen LogP contribution in [-0.4, -0.2) is 9.97 Å². The van der Waals surface area contributed by atoms with Gasteiger partial charge < -0.3 is 0 Å². The Labute approximate surface area is 156 Å². The third-order valence-corrected chi connectivity index (χ3v) is 5.33. The third kappa shape index (κ3) is 2.27. The van der Waals surface area contributed by atoms with Gasteiger partial charge in [-0.3, -0.25) is 4.98 Å². The number of fused-ring (bicyclic) bond motifs is 5. The lowest BCUT2D eigenvalue weighted by Crippen LogP contribution is -1.87. The summed E-state index contributed by atoms with van der Waals surface area (Å²) in [5, 5.41) is 7.56. The van der Waals surface area contributed by atoms with Crippen LogP contribution >= 0.6 is 11.6 Å². The summed E-state index contributed by atoms with van der Waals surface area (Å²) in [6, 6.07) is 21.3. The van der Waals surface area contributed by atoms with Crippen LogP contribution in [0.1, 0.15) is 5.69 Å². The van der Waals surface area contributed by atoms with Crippen LogP contribution in [0.15, 0.2) is 73.1 Å². The number of benzene rings is 3. The minimum Gasteiger partial charge on any atom is -0.261 e. The lowest BCUT2D eigenvalue weighted by atomic mass is 9.95. The molecule has 0 spiro atoms. The van der Waals surface area contributed by atoms with E-state index >= 15 is 0 Å². The second-order valence-corrected chi connectivity index (χ2v) is 6.85. The van der Waals surface area contributed by atoms with Gasteiger partial charge in [-0.05, 0) is 57.6 Å². The Kier molecular flexibility index (Phi) is 3.41. The van der Waals surface area contributed by atoms with Crippen LogP contribution in [0.2, 0.25) is 5.15 Å². The maximum Gasteiger partial charge on any atom is 0.136 e. The first-order valence-corrected chi connectivity index (χ1v) is 8.92. The fourth-order valence-electron chi connectivity index (χ4n) is 3.73. The largest absolute Gasteiger partial charge is 0.261 e. The molecule has 3 heteroatoms. The van der Waals surface area contributed by atoms with Crippen molar-refractivity contribution < 1.29 is 0 Å². The summed E-state index contributed by atoms with van der Waals surface area (Å²) < 4.78 is 0. The van der Waals surface area contributed by atoms with Crippen LogP contribution in [0, 0.1) is 6.92 Å². The third-order valence-electron chi connectivity index (χ3n) is 5.03. The second-order valence-electron chi connectivity index (χ2n) is 6.50. The van der Waals surface area contributed by atoms with E-state index in [0.717, 1.165) is 16.5 Å². The number of nitrogens with zero attached hydrogens (tertiary/aromatic N) is 2. The van der Waals surface area contributed by atoms with Crippen LogP contribution < -0.4 is 0 Å². The molecule has 0 N–H and O–H groups in total. The van der Waals surface area contributed by atoms with Gasteiger partial charge in [0.05, 0.1) is 0 Å². The van der Waals surface area contributed by atoms with Crippen molar-refractivity contribution in [2.45, 2.75) is 6.92 Å². The highest BCUT2D eigenvalue weighted by molar-refractivity contribution is 6.35. The summed E-state index contributed by atoms with van der Waals surface area (Å²) >= 11 is 6.26. The quantitative estimate of drug-likeness (QED) is 0.251. The monoisotopic (exact) mass is 354 g/mol. The smallest absolute Gasteiger partial charge is 0.136 e.